The Morgan fingerprint density at radius 3 is 3.00 bits per heavy atom. The first-order chi connectivity index (χ1) is 7.34. The number of thioether (sulfide) groups is 1. The smallest absolute Gasteiger partial charge is 0.0300 e. The van der Waals surface area contributed by atoms with Crippen LogP contribution in [0.25, 0.3) is 0 Å². The van der Waals surface area contributed by atoms with Crippen molar-refractivity contribution < 1.29 is 0 Å². The van der Waals surface area contributed by atoms with E-state index >= 15 is 0 Å². The van der Waals surface area contributed by atoms with Gasteiger partial charge in [0.1, 0.15) is 0 Å². The highest BCUT2D eigenvalue weighted by Crippen LogP contribution is 2.24. The van der Waals surface area contributed by atoms with Gasteiger partial charge in [0.25, 0.3) is 0 Å². The van der Waals surface area contributed by atoms with Crippen molar-refractivity contribution >= 4 is 23.1 Å². The highest BCUT2D eigenvalue weighted by molar-refractivity contribution is 7.99. The Labute approximate surface area is 101 Å². The first kappa shape index (κ1) is 11.5. The van der Waals surface area contributed by atoms with E-state index in [-0.39, 0.29) is 0 Å². The summed E-state index contributed by atoms with van der Waals surface area (Å²) >= 11 is 4.05. The van der Waals surface area contributed by atoms with E-state index < -0.39 is 0 Å². The number of thiophene rings is 1. The van der Waals surface area contributed by atoms with Crippen molar-refractivity contribution in [3.8, 4) is 0 Å². The molecule has 2 heterocycles. The lowest BCUT2D eigenvalue weighted by Gasteiger charge is -2.21. The van der Waals surface area contributed by atoms with Crippen molar-refractivity contribution in [2.75, 3.05) is 12.3 Å². The van der Waals surface area contributed by atoms with Gasteiger partial charge in [-0.3, -0.25) is 0 Å². The van der Waals surface area contributed by atoms with Gasteiger partial charge in [-0.2, -0.15) is 11.8 Å². The number of hydrogen-bond acceptors (Lipinski definition) is 3. The molecule has 15 heavy (non-hydrogen) atoms. The molecule has 1 aliphatic rings. The molecule has 1 saturated heterocycles. The van der Waals surface area contributed by atoms with Gasteiger partial charge in [0, 0.05) is 28.1 Å². The van der Waals surface area contributed by atoms with Gasteiger partial charge in [0.05, 0.1) is 0 Å². The molecule has 1 atom stereocenters. The molecular formula is C12H19NS2. The molecule has 1 nitrogen and oxygen atoms in total. The lowest BCUT2D eigenvalue weighted by Crippen LogP contribution is -2.26. The van der Waals surface area contributed by atoms with E-state index in [0.29, 0.717) is 0 Å². The molecule has 1 aliphatic heterocycles. The van der Waals surface area contributed by atoms with E-state index in [0.717, 1.165) is 11.8 Å². The van der Waals surface area contributed by atoms with Crippen molar-refractivity contribution in [1.29, 1.82) is 0 Å². The van der Waals surface area contributed by atoms with Crippen LogP contribution < -0.4 is 5.32 Å². The zero-order valence-corrected chi connectivity index (χ0v) is 10.9. The summed E-state index contributed by atoms with van der Waals surface area (Å²) in [6.45, 7) is 4.41. The van der Waals surface area contributed by atoms with Gasteiger partial charge in [-0.25, -0.2) is 0 Å². The Bertz CT molecular complexity index is 290. The molecule has 1 fully saturated rings. The van der Waals surface area contributed by atoms with Gasteiger partial charge in [-0.1, -0.05) is 6.42 Å². The lowest BCUT2D eigenvalue weighted by atomic mass is 10.2. The Kier molecular flexibility index (Phi) is 4.54. The summed E-state index contributed by atoms with van der Waals surface area (Å²) < 4.78 is 0. The van der Waals surface area contributed by atoms with Crippen LogP contribution in [-0.4, -0.2) is 17.5 Å². The molecular weight excluding hydrogens is 222 g/mol. The molecule has 1 unspecified atom stereocenters. The highest BCUT2D eigenvalue weighted by atomic mass is 32.2. The van der Waals surface area contributed by atoms with Crippen molar-refractivity contribution in [2.45, 2.75) is 38.0 Å². The first-order valence-corrected chi connectivity index (χ1v) is 7.59. The zero-order chi connectivity index (χ0) is 10.5. The Hall–Kier alpha value is 0.01000. The third-order valence-electron chi connectivity index (χ3n) is 2.74. The van der Waals surface area contributed by atoms with Crippen LogP contribution in [0.2, 0.25) is 0 Å². The molecule has 1 aromatic heterocycles. The second kappa shape index (κ2) is 5.92. The lowest BCUT2D eigenvalue weighted by molar-refractivity contribution is 0.600. The summed E-state index contributed by atoms with van der Waals surface area (Å²) in [5.41, 5.74) is 0. The second-order valence-corrected chi connectivity index (χ2v) is 6.91. The summed E-state index contributed by atoms with van der Waals surface area (Å²) in [7, 11) is 0. The fourth-order valence-electron chi connectivity index (χ4n) is 1.90. The predicted molar refractivity (Wildman–Crippen MR) is 70.9 cm³/mol. The van der Waals surface area contributed by atoms with Gasteiger partial charge < -0.3 is 5.32 Å². The Morgan fingerprint density at radius 1 is 1.40 bits per heavy atom. The minimum atomic E-state index is 0.861. The topological polar surface area (TPSA) is 12.0 Å². The molecule has 0 aliphatic carbocycles. The van der Waals surface area contributed by atoms with Crippen molar-refractivity contribution in [3.63, 3.8) is 0 Å². The Balaban J connectivity index is 1.65. The first-order valence-electron chi connectivity index (χ1n) is 5.72. The number of hydrogen-bond donors (Lipinski definition) is 1. The average molecular weight is 241 g/mol. The molecule has 1 N–H and O–H groups in total. The maximum Gasteiger partial charge on any atom is 0.0300 e. The number of rotatable bonds is 4. The fraction of sp³-hybridized carbons (Fsp3) is 0.667. The van der Waals surface area contributed by atoms with Crippen LogP contribution in [0.15, 0.2) is 12.1 Å². The van der Waals surface area contributed by atoms with E-state index in [4.69, 9.17) is 0 Å². The largest absolute Gasteiger partial charge is 0.311 e. The number of aryl methyl sites for hydroxylation is 1. The third kappa shape index (κ3) is 3.82. The monoisotopic (exact) mass is 241 g/mol. The Morgan fingerprint density at radius 2 is 2.33 bits per heavy atom. The van der Waals surface area contributed by atoms with Crippen LogP contribution in [0.4, 0.5) is 0 Å². The summed E-state index contributed by atoms with van der Waals surface area (Å²) in [4.78, 5) is 2.88. The molecule has 0 aromatic carbocycles. The molecule has 2 rings (SSSR count). The normalized spacial score (nSPS) is 21.8. The van der Waals surface area contributed by atoms with Crippen LogP contribution >= 0.6 is 23.1 Å². The van der Waals surface area contributed by atoms with Crippen LogP contribution in [0.1, 0.15) is 29.0 Å². The van der Waals surface area contributed by atoms with Crippen LogP contribution in [0.3, 0.4) is 0 Å². The van der Waals surface area contributed by atoms with Crippen molar-refractivity contribution in [1.82, 2.24) is 5.32 Å². The molecule has 1 aromatic rings. The van der Waals surface area contributed by atoms with E-state index in [9.17, 15) is 0 Å². The van der Waals surface area contributed by atoms with E-state index in [1.165, 1.54) is 41.3 Å². The minimum Gasteiger partial charge on any atom is -0.311 e. The third-order valence-corrected chi connectivity index (χ3v) is 5.14. The van der Waals surface area contributed by atoms with Crippen molar-refractivity contribution in [3.05, 3.63) is 21.9 Å². The van der Waals surface area contributed by atoms with Gasteiger partial charge >= 0.3 is 0 Å². The van der Waals surface area contributed by atoms with E-state index in [1.807, 2.05) is 11.3 Å². The van der Waals surface area contributed by atoms with Gasteiger partial charge in [-0.15, -0.1) is 11.3 Å². The zero-order valence-electron chi connectivity index (χ0n) is 9.29. The van der Waals surface area contributed by atoms with Crippen LogP contribution in [0.5, 0.6) is 0 Å². The summed E-state index contributed by atoms with van der Waals surface area (Å²) in [5.74, 6) is 1.37. The van der Waals surface area contributed by atoms with Crippen molar-refractivity contribution in [2.24, 2.45) is 0 Å². The SMILES string of the molecule is Cc1ccc(CNCC2CCCCS2)s1. The molecule has 0 bridgehead atoms. The van der Waals surface area contributed by atoms with Gasteiger partial charge in [0.15, 0.2) is 0 Å². The minimum absolute atomic E-state index is 0.861. The van der Waals surface area contributed by atoms with Crippen LogP contribution in [0, 0.1) is 6.92 Å². The summed E-state index contributed by atoms with van der Waals surface area (Å²) in [6.07, 6.45) is 4.25. The maximum absolute atomic E-state index is 3.57. The molecule has 0 spiro atoms. The molecule has 0 saturated carbocycles. The molecule has 84 valence electrons. The van der Waals surface area contributed by atoms with Crippen LogP contribution in [-0.2, 0) is 6.54 Å². The average Bonchev–Trinajstić information content (AvgIpc) is 2.66. The number of nitrogens with one attached hydrogen (secondary N) is 1. The van der Waals surface area contributed by atoms with E-state index in [1.54, 1.807) is 0 Å². The molecule has 3 heteroatoms. The molecule has 0 amide bonds. The predicted octanol–water partition coefficient (Wildman–Crippen LogP) is 3.43. The fourth-order valence-corrected chi connectivity index (χ4v) is 4.04. The van der Waals surface area contributed by atoms with Gasteiger partial charge in [-0.05, 0) is 37.7 Å². The quantitative estimate of drug-likeness (QED) is 0.867. The molecule has 0 radical (unpaired) electrons. The second-order valence-electron chi connectivity index (χ2n) is 4.13. The summed E-state index contributed by atoms with van der Waals surface area (Å²) in [5, 5.41) is 4.44. The summed E-state index contributed by atoms with van der Waals surface area (Å²) in [6, 6.07) is 4.44. The standard InChI is InChI=1S/C12H19NS2/c1-10-5-6-12(15-10)9-13-8-11-4-2-3-7-14-11/h5-6,11,13H,2-4,7-9H2,1H3. The maximum atomic E-state index is 3.57. The highest BCUT2D eigenvalue weighted by Gasteiger charge is 2.12. The van der Waals surface area contributed by atoms with Gasteiger partial charge in [0.2, 0.25) is 0 Å². The van der Waals surface area contributed by atoms with E-state index in [2.05, 4.69) is 36.1 Å².